The molecule has 0 saturated carbocycles. The Bertz CT molecular complexity index is 829. The number of carboxylic acid groups (broad SMARTS) is 1. The lowest BCUT2D eigenvalue weighted by atomic mass is 9.82. The Labute approximate surface area is 132 Å². The average Bonchev–Trinajstić information content (AvgIpc) is 3.15. The lowest BCUT2D eigenvalue weighted by molar-refractivity contribution is -0.313. The summed E-state index contributed by atoms with van der Waals surface area (Å²) in [4.78, 5) is 23.9. The number of rotatable bonds is 3. The third-order valence-electron chi connectivity index (χ3n) is 4.49. The van der Waals surface area contributed by atoms with Crippen LogP contribution in [0, 0.1) is 11.8 Å². The van der Waals surface area contributed by atoms with Crippen molar-refractivity contribution in [2.45, 2.75) is 12.2 Å². The molecule has 0 aliphatic carbocycles. The number of anilines is 1. The first-order valence-corrected chi connectivity index (χ1v) is 7.48. The maximum absolute atomic E-state index is 12.5. The number of hydrogen-bond acceptors (Lipinski definition) is 4. The smallest absolute Gasteiger partial charge is 0.231 e. The van der Waals surface area contributed by atoms with E-state index in [1.54, 1.807) is 18.2 Å². The number of carboxylic acids is 1. The fraction of sp³-hybridized carbons (Fsp3) is 0.222. The first-order chi connectivity index (χ1) is 11.1. The summed E-state index contributed by atoms with van der Waals surface area (Å²) >= 11 is 0. The van der Waals surface area contributed by atoms with Crippen LogP contribution in [0.25, 0.3) is 10.8 Å². The van der Waals surface area contributed by atoms with Gasteiger partial charge in [-0.1, -0.05) is 42.5 Å². The van der Waals surface area contributed by atoms with Crippen molar-refractivity contribution < 1.29 is 19.4 Å². The first kappa shape index (κ1) is 14.0. The van der Waals surface area contributed by atoms with Gasteiger partial charge >= 0.3 is 0 Å². The van der Waals surface area contributed by atoms with Crippen molar-refractivity contribution in [2.75, 3.05) is 5.32 Å². The summed E-state index contributed by atoms with van der Waals surface area (Å²) in [5.41, 5.74) is 0.637. The Morgan fingerprint density at radius 3 is 2.39 bits per heavy atom. The summed E-state index contributed by atoms with van der Waals surface area (Å²) in [6.45, 7) is 0. The number of ether oxygens (including phenoxy) is 1. The predicted octanol–water partition coefficient (Wildman–Crippen LogP) is 1.10. The Kier molecular flexibility index (Phi) is 3.16. The molecule has 1 saturated heterocycles. The quantitative estimate of drug-likeness (QED) is 0.861. The van der Waals surface area contributed by atoms with Crippen LogP contribution in [-0.4, -0.2) is 24.1 Å². The van der Waals surface area contributed by atoms with E-state index in [2.05, 4.69) is 5.32 Å². The highest BCUT2D eigenvalue weighted by atomic mass is 16.5. The summed E-state index contributed by atoms with van der Waals surface area (Å²) in [7, 11) is 0. The van der Waals surface area contributed by atoms with Gasteiger partial charge < -0.3 is 20.0 Å². The fourth-order valence-corrected chi connectivity index (χ4v) is 3.39. The van der Waals surface area contributed by atoms with Crippen molar-refractivity contribution >= 4 is 28.3 Å². The SMILES string of the molecule is O=C([O-])[C@@H]1[C@H](C(=O)Nc2ccc3ccccc3c2)[C@H]2C=C[C@@H]1O2. The second-order valence-electron chi connectivity index (χ2n) is 5.87. The van der Waals surface area contributed by atoms with Crippen molar-refractivity contribution in [3.63, 3.8) is 0 Å². The van der Waals surface area contributed by atoms with Gasteiger partial charge in [0.05, 0.1) is 18.1 Å². The van der Waals surface area contributed by atoms with Gasteiger partial charge in [0.25, 0.3) is 0 Å². The van der Waals surface area contributed by atoms with Crippen LogP contribution in [0.4, 0.5) is 5.69 Å². The average molecular weight is 308 g/mol. The van der Waals surface area contributed by atoms with E-state index in [0.717, 1.165) is 10.8 Å². The number of hydrogen-bond donors (Lipinski definition) is 1. The van der Waals surface area contributed by atoms with Gasteiger partial charge in [-0.15, -0.1) is 0 Å². The van der Waals surface area contributed by atoms with Crippen molar-refractivity contribution in [2.24, 2.45) is 11.8 Å². The van der Waals surface area contributed by atoms with Gasteiger partial charge in [0, 0.05) is 17.6 Å². The highest BCUT2D eigenvalue weighted by molar-refractivity contribution is 5.98. The zero-order valence-corrected chi connectivity index (χ0v) is 12.1. The number of benzene rings is 2. The van der Waals surface area contributed by atoms with E-state index < -0.39 is 30.0 Å². The normalized spacial score (nSPS) is 28.2. The van der Waals surface area contributed by atoms with Crippen LogP contribution in [0.5, 0.6) is 0 Å². The molecule has 0 radical (unpaired) electrons. The zero-order valence-electron chi connectivity index (χ0n) is 12.1. The van der Waals surface area contributed by atoms with Gasteiger partial charge in [-0.2, -0.15) is 0 Å². The fourth-order valence-electron chi connectivity index (χ4n) is 3.39. The molecule has 0 spiro atoms. The molecule has 0 aromatic heterocycles. The molecule has 1 fully saturated rings. The monoisotopic (exact) mass is 308 g/mol. The van der Waals surface area contributed by atoms with E-state index in [0.29, 0.717) is 5.69 Å². The molecule has 2 aliphatic rings. The van der Waals surface area contributed by atoms with Crippen molar-refractivity contribution in [1.82, 2.24) is 0 Å². The second kappa shape index (κ2) is 5.21. The Morgan fingerprint density at radius 1 is 0.957 bits per heavy atom. The molecule has 116 valence electrons. The standard InChI is InChI=1S/C18H15NO4/c20-17(15-13-7-8-14(23-13)16(15)18(21)22)19-12-6-5-10-3-1-2-4-11(10)9-12/h1-9,13-16H,(H,19,20)(H,21,22)/p-1/t13-,14+,15-,16+/m1/s1. The molecule has 2 bridgehead atoms. The van der Waals surface area contributed by atoms with Crippen molar-refractivity contribution in [1.29, 1.82) is 0 Å². The van der Waals surface area contributed by atoms with Crippen LogP contribution < -0.4 is 10.4 Å². The number of carbonyl (C=O) groups is 2. The Hall–Kier alpha value is -2.66. The van der Waals surface area contributed by atoms with Crippen LogP contribution in [-0.2, 0) is 14.3 Å². The number of nitrogens with one attached hydrogen (secondary N) is 1. The van der Waals surface area contributed by atoms with E-state index in [1.165, 1.54) is 0 Å². The highest BCUT2D eigenvalue weighted by Crippen LogP contribution is 2.39. The summed E-state index contributed by atoms with van der Waals surface area (Å²) in [6.07, 6.45) is 2.36. The number of fused-ring (bicyclic) bond motifs is 3. The predicted molar refractivity (Wildman–Crippen MR) is 82.4 cm³/mol. The summed E-state index contributed by atoms with van der Waals surface area (Å²) in [5.74, 6) is -3.31. The van der Waals surface area contributed by atoms with Gasteiger partial charge in [0.2, 0.25) is 5.91 Å². The van der Waals surface area contributed by atoms with Gasteiger partial charge in [-0.05, 0) is 22.9 Å². The molecular formula is C18H14NO4-. The minimum Gasteiger partial charge on any atom is -0.550 e. The van der Waals surface area contributed by atoms with Crippen LogP contribution >= 0.6 is 0 Å². The molecule has 2 aromatic carbocycles. The largest absolute Gasteiger partial charge is 0.550 e. The third kappa shape index (κ3) is 2.29. The molecule has 0 unspecified atom stereocenters. The van der Waals surface area contributed by atoms with Gasteiger partial charge in [0.15, 0.2) is 0 Å². The van der Waals surface area contributed by atoms with Gasteiger partial charge in [0.1, 0.15) is 0 Å². The molecule has 1 N–H and O–H groups in total. The molecule has 1 amide bonds. The maximum Gasteiger partial charge on any atom is 0.231 e. The van der Waals surface area contributed by atoms with E-state index in [-0.39, 0.29) is 5.91 Å². The van der Waals surface area contributed by atoms with Gasteiger partial charge in [-0.3, -0.25) is 4.79 Å². The molecule has 4 atom stereocenters. The molecular weight excluding hydrogens is 294 g/mol. The molecule has 23 heavy (non-hydrogen) atoms. The number of amides is 1. The van der Waals surface area contributed by atoms with E-state index in [9.17, 15) is 14.7 Å². The van der Waals surface area contributed by atoms with E-state index in [4.69, 9.17) is 4.74 Å². The third-order valence-corrected chi connectivity index (χ3v) is 4.49. The maximum atomic E-state index is 12.5. The molecule has 2 heterocycles. The second-order valence-corrected chi connectivity index (χ2v) is 5.87. The Balaban J connectivity index is 1.59. The van der Waals surface area contributed by atoms with Crippen LogP contribution in [0.2, 0.25) is 0 Å². The molecule has 5 heteroatoms. The van der Waals surface area contributed by atoms with Crippen molar-refractivity contribution in [3.05, 3.63) is 54.6 Å². The zero-order chi connectivity index (χ0) is 16.0. The van der Waals surface area contributed by atoms with Gasteiger partial charge in [-0.25, -0.2) is 0 Å². The lowest BCUT2D eigenvalue weighted by Gasteiger charge is -2.25. The minimum atomic E-state index is -1.25. The first-order valence-electron chi connectivity index (χ1n) is 7.48. The van der Waals surface area contributed by atoms with E-state index in [1.807, 2.05) is 36.4 Å². The Morgan fingerprint density at radius 2 is 1.65 bits per heavy atom. The van der Waals surface area contributed by atoms with Crippen LogP contribution in [0.3, 0.4) is 0 Å². The van der Waals surface area contributed by atoms with Crippen LogP contribution in [0.15, 0.2) is 54.6 Å². The summed E-state index contributed by atoms with van der Waals surface area (Å²) in [6, 6.07) is 13.4. The molecule has 4 rings (SSSR count). The summed E-state index contributed by atoms with van der Waals surface area (Å²) in [5, 5.41) is 16.2. The lowest BCUT2D eigenvalue weighted by Crippen LogP contribution is -2.45. The topological polar surface area (TPSA) is 78.5 Å². The van der Waals surface area contributed by atoms with Crippen molar-refractivity contribution in [3.8, 4) is 0 Å². The van der Waals surface area contributed by atoms with E-state index >= 15 is 0 Å². The molecule has 2 aromatic rings. The van der Waals surface area contributed by atoms with Crippen LogP contribution in [0.1, 0.15) is 0 Å². The number of aliphatic carboxylic acids is 1. The molecule has 5 nitrogen and oxygen atoms in total. The minimum absolute atomic E-state index is 0.355. The highest BCUT2D eigenvalue weighted by Gasteiger charge is 2.50. The molecule has 2 aliphatic heterocycles. The summed E-state index contributed by atoms with van der Waals surface area (Å²) < 4.78 is 5.50. The number of carbonyl (C=O) groups excluding carboxylic acids is 2.